The number of rotatable bonds is 5. The van der Waals surface area contributed by atoms with E-state index < -0.39 is 9.84 Å². The first-order chi connectivity index (χ1) is 11.9. The zero-order chi connectivity index (χ0) is 18.0. The highest BCUT2D eigenvalue weighted by molar-refractivity contribution is 7.91. The molecule has 3 aliphatic rings. The van der Waals surface area contributed by atoms with Gasteiger partial charge in [-0.1, -0.05) is 32.1 Å². The third-order valence-electron chi connectivity index (χ3n) is 6.11. The van der Waals surface area contributed by atoms with Crippen molar-refractivity contribution in [1.82, 2.24) is 14.7 Å². The van der Waals surface area contributed by atoms with Crippen molar-refractivity contribution in [2.24, 2.45) is 5.92 Å². The molecule has 0 bridgehead atoms. The minimum absolute atomic E-state index is 0.00606. The van der Waals surface area contributed by atoms with Gasteiger partial charge in [0.25, 0.3) is 0 Å². The molecular formula is C18H33N3O3S. The van der Waals surface area contributed by atoms with Gasteiger partial charge in [0.15, 0.2) is 9.84 Å². The van der Waals surface area contributed by atoms with E-state index in [-0.39, 0.29) is 29.5 Å². The SMILES string of the molecule is CN(C)CC(=O)N1CCN(CCC2CCCCC2)[C@@H]2CS(=O)(=O)C[C@@H]21. The predicted octanol–water partition coefficient (Wildman–Crippen LogP) is 0.828. The molecule has 0 aromatic carbocycles. The van der Waals surface area contributed by atoms with Crippen molar-refractivity contribution in [1.29, 1.82) is 0 Å². The van der Waals surface area contributed by atoms with Crippen LogP contribution in [-0.4, -0.2) is 92.9 Å². The third kappa shape index (κ3) is 4.74. The van der Waals surface area contributed by atoms with E-state index in [1.165, 1.54) is 38.5 Å². The Hall–Kier alpha value is -0.660. The minimum atomic E-state index is -3.05. The van der Waals surface area contributed by atoms with E-state index in [2.05, 4.69) is 4.90 Å². The molecule has 6 nitrogen and oxygen atoms in total. The summed E-state index contributed by atoms with van der Waals surface area (Å²) in [5.74, 6) is 1.22. The number of likely N-dealkylation sites (N-methyl/N-ethyl adjacent to an activating group) is 1. The van der Waals surface area contributed by atoms with Crippen molar-refractivity contribution < 1.29 is 13.2 Å². The smallest absolute Gasteiger partial charge is 0.237 e. The van der Waals surface area contributed by atoms with E-state index in [0.29, 0.717) is 13.1 Å². The van der Waals surface area contributed by atoms with Crippen LogP contribution in [0.4, 0.5) is 0 Å². The first-order valence-corrected chi connectivity index (χ1v) is 11.6. The highest BCUT2D eigenvalue weighted by Crippen LogP contribution is 2.30. The van der Waals surface area contributed by atoms with Crippen molar-refractivity contribution >= 4 is 15.7 Å². The van der Waals surface area contributed by atoms with Crippen LogP contribution in [0.3, 0.4) is 0 Å². The molecule has 3 fully saturated rings. The Morgan fingerprint density at radius 2 is 1.72 bits per heavy atom. The van der Waals surface area contributed by atoms with Crippen molar-refractivity contribution in [2.45, 2.75) is 50.6 Å². The van der Waals surface area contributed by atoms with Gasteiger partial charge in [-0.15, -0.1) is 0 Å². The summed E-state index contributed by atoms with van der Waals surface area (Å²) in [6.07, 6.45) is 7.89. The Bertz CT molecular complexity index is 572. The first-order valence-electron chi connectivity index (χ1n) is 9.74. The maximum Gasteiger partial charge on any atom is 0.237 e. The molecule has 144 valence electrons. The van der Waals surface area contributed by atoms with Gasteiger partial charge in [0.1, 0.15) is 0 Å². The molecule has 1 saturated carbocycles. The summed E-state index contributed by atoms with van der Waals surface area (Å²) in [7, 11) is 0.703. The van der Waals surface area contributed by atoms with Crippen LogP contribution in [0.15, 0.2) is 0 Å². The van der Waals surface area contributed by atoms with E-state index in [1.807, 2.05) is 23.9 Å². The number of sulfone groups is 1. The van der Waals surface area contributed by atoms with Crippen LogP contribution in [0.2, 0.25) is 0 Å². The molecule has 1 aliphatic carbocycles. The van der Waals surface area contributed by atoms with Gasteiger partial charge in [-0.2, -0.15) is 0 Å². The lowest BCUT2D eigenvalue weighted by Crippen LogP contribution is -2.61. The summed E-state index contributed by atoms with van der Waals surface area (Å²) < 4.78 is 24.5. The van der Waals surface area contributed by atoms with E-state index in [1.54, 1.807) is 0 Å². The molecule has 0 N–H and O–H groups in total. The molecule has 3 rings (SSSR count). The number of nitrogens with zero attached hydrogens (tertiary/aromatic N) is 3. The number of carbonyl (C=O) groups is 1. The normalized spacial score (nSPS) is 30.6. The Balaban J connectivity index is 1.64. The molecule has 0 aromatic heterocycles. The Kier molecular flexibility index (Phi) is 6.06. The second-order valence-electron chi connectivity index (χ2n) is 8.37. The largest absolute Gasteiger partial charge is 0.335 e. The molecule has 2 saturated heterocycles. The summed E-state index contributed by atoms with van der Waals surface area (Å²) in [5.41, 5.74) is 0. The average Bonchev–Trinajstić information content (AvgIpc) is 2.87. The van der Waals surface area contributed by atoms with Gasteiger partial charge in [-0.25, -0.2) is 8.42 Å². The standard InChI is InChI=1S/C18H33N3O3S/c1-19(2)12-18(22)21-11-10-20(9-8-15-6-4-3-5-7-15)16-13-25(23,24)14-17(16)21/h15-17H,3-14H2,1-2H3/t16-,17+/m1/s1. The van der Waals surface area contributed by atoms with Crippen molar-refractivity contribution in [3.63, 3.8) is 0 Å². The fourth-order valence-corrected chi connectivity index (χ4v) is 6.81. The molecule has 25 heavy (non-hydrogen) atoms. The monoisotopic (exact) mass is 371 g/mol. The number of piperazine rings is 1. The van der Waals surface area contributed by atoms with Crippen LogP contribution in [0.1, 0.15) is 38.5 Å². The summed E-state index contributed by atoms with van der Waals surface area (Å²) in [6.45, 7) is 2.80. The molecule has 0 radical (unpaired) electrons. The van der Waals surface area contributed by atoms with E-state index in [9.17, 15) is 13.2 Å². The molecule has 2 atom stereocenters. The molecule has 2 heterocycles. The molecular weight excluding hydrogens is 338 g/mol. The van der Waals surface area contributed by atoms with Crippen molar-refractivity contribution in [3.8, 4) is 0 Å². The Labute approximate surface area is 152 Å². The molecule has 7 heteroatoms. The highest BCUT2D eigenvalue weighted by atomic mass is 32.2. The fourth-order valence-electron chi connectivity index (χ4n) is 4.80. The zero-order valence-electron chi connectivity index (χ0n) is 15.7. The summed E-state index contributed by atoms with van der Waals surface area (Å²) in [5, 5.41) is 0. The number of hydrogen-bond donors (Lipinski definition) is 0. The van der Waals surface area contributed by atoms with Crippen LogP contribution >= 0.6 is 0 Å². The Morgan fingerprint density at radius 1 is 1.04 bits per heavy atom. The van der Waals surface area contributed by atoms with Gasteiger partial charge in [0.05, 0.1) is 24.1 Å². The van der Waals surface area contributed by atoms with Crippen LogP contribution in [-0.2, 0) is 14.6 Å². The van der Waals surface area contributed by atoms with Crippen molar-refractivity contribution in [2.75, 3.05) is 51.8 Å². The summed E-state index contributed by atoms with van der Waals surface area (Å²) >= 11 is 0. The van der Waals surface area contributed by atoms with Crippen LogP contribution in [0.5, 0.6) is 0 Å². The highest BCUT2D eigenvalue weighted by Gasteiger charge is 2.47. The lowest BCUT2D eigenvalue weighted by Gasteiger charge is -2.44. The molecule has 0 unspecified atom stereocenters. The predicted molar refractivity (Wildman–Crippen MR) is 99.3 cm³/mol. The Morgan fingerprint density at radius 3 is 2.40 bits per heavy atom. The van der Waals surface area contributed by atoms with Gasteiger partial charge in [0.2, 0.25) is 5.91 Å². The summed E-state index contributed by atoms with van der Waals surface area (Å²) in [6, 6.07) is -0.161. The average molecular weight is 372 g/mol. The zero-order valence-corrected chi connectivity index (χ0v) is 16.5. The van der Waals surface area contributed by atoms with E-state index >= 15 is 0 Å². The molecule has 2 aliphatic heterocycles. The summed E-state index contributed by atoms with van der Waals surface area (Å²) in [4.78, 5) is 18.6. The van der Waals surface area contributed by atoms with Gasteiger partial charge in [0, 0.05) is 19.1 Å². The number of hydrogen-bond acceptors (Lipinski definition) is 5. The molecule has 0 spiro atoms. The van der Waals surface area contributed by atoms with Gasteiger partial charge < -0.3 is 9.80 Å². The fraction of sp³-hybridized carbons (Fsp3) is 0.944. The lowest BCUT2D eigenvalue weighted by atomic mass is 9.86. The number of amides is 1. The van der Waals surface area contributed by atoms with Crippen molar-refractivity contribution in [3.05, 3.63) is 0 Å². The quantitative estimate of drug-likeness (QED) is 0.716. The second-order valence-corrected chi connectivity index (χ2v) is 10.5. The topological polar surface area (TPSA) is 60.9 Å². The number of fused-ring (bicyclic) bond motifs is 1. The first kappa shape index (κ1) is 19.1. The number of carbonyl (C=O) groups excluding carboxylic acids is 1. The molecule has 1 amide bonds. The minimum Gasteiger partial charge on any atom is -0.335 e. The van der Waals surface area contributed by atoms with Gasteiger partial charge >= 0.3 is 0 Å². The van der Waals surface area contributed by atoms with Crippen LogP contribution < -0.4 is 0 Å². The van der Waals surface area contributed by atoms with Crippen LogP contribution in [0.25, 0.3) is 0 Å². The van der Waals surface area contributed by atoms with Gasteiger partial charge in [-0.3, -0.25) is 9.69 Å². The van der Waals surface area contributed by atoms with E-state index in [0.717, 1.165) is 19.0 Å². The van der Waals surface area contributed by atoms with Crippen LogP contribution in [0, 0.1) is 5.92 Å². The van der Waals surface area contributed by atoms with E-state index in [4.69, 9.17) is 0 Å². The second kappa shape index (κ2) is 7.92. The lowest BCUT2D eigenvalue weighted by molar-refractivity contribution is -0.137. The maximum absolute atomic E-state index is 12.5. The molecule has 0 aromatic rings. The maximum atomic E-state index is 12.5. The van der Waals surface area contributed by atoms with Gasteiger partial charge in [-0.05, 0) is 33.0 Å². The third-order valence-corrected chi connectivity index (χ3v) is 7.81.